The molecule has 0 aliphatic carbocycles. The fourth-order valence-corrected chi connectivity index (χ4v) is 6.45. The highest BCUT2D eigenvalue weighted by molar-refractivity contribution is 7.91. The van der Waals surface area contributed by atoms with Crippen molar-refractivity contribution in [3.8, 4) is 22.3 Å². The topological polar surface area (TPSA) is 114 Å². The minimum atomic E-state index is -3.86. The number of H-pyrrole nitrogens is 1. The van der Waals surface area contributed by atoms with Crippen molar-refractivity contribution in [2.75, 3.05) is 6.26 Å². The minimum Gasteiger partial charge on any atom is -0.327 e. The van der Waals surface area contributed by atoms with Crippen LogP contribution in [0.3, 0.4) is 0 Å². The Balaban J connectivity index is 1.62. The van der Waals surface area contributed by atoms with Gasteiger partial charge < -0.3 is 4.98 Å². The molecule has 3 aromatic carbocycles. The normalized spacial score (nSPS) is 12.5. The predicted octanol–water partition coefficient (Wildman–Crippen LogP) is 5.65. The van der Waals surface area contributed by atoms with Crippen LogP contribution in [0.1, 0.15) is 25.0 Å². The van der Waals surface area contributed by atoms with Gasteiger partial charge in [-0.05, 0) is 78.6 Å². The molecule has 0 saturated carbocycles. The van der Waals surface area contributed by atoms with Crippen LogP contribution in [0.4, 0.5) is 4.39 Å². The van der Waals surface area contributed by atoms with Crippen molar-refractivity contribution in [2.45, 2.75) is 29.2 Å². The Hall–Kier alpha value is -4.15. The highest BCUT2D eigenvalue weighted by atomic mass is 32.2. The molecule has 0 saturated heterocycles. The van der Waals surface area contributed by atoms with Gasteiger partial charge in [0.05, 0.1) is 20.9 Å². The zero-order valence-corrected chi connectivity index (χ0v) is 24.2. The maximum atomic E-state index is 13.3. The van der Waals surface area contributed by atoms with Crippen LogP contribution < -0.4 is 5.56 Å². The van der Waals surface area contributed by atoms with Gasteiger partial charge in [0.2, 0.25) is 0 Å². The molecule has 41 heavy (non-hydrogen) atoms. The Morgan fingerprint density at radius 1 is 0.854 bits per heavy atom. The molecular formula is C31H27FN2O5S2. The minimum absolute atomic E-state index is 0.0779. The molecule has 0 amide bonds. The van der Waals surface area contributed by atoms with Gasteiger partial charge in [-0.1, -0.05) is 36.4 Å². The zero-order valence-electron chi connectivity index (χ0n) is 22.6. The van der Waals surface area contributed by atoms with E-state index in [-0.39, 0.29) is 16.2 Å². The lowest BCUT2D eigenvalue weighted by Crippen LogP contribution is -2.28. The molecule has 2 aromatic heterocycles. The molecule has 5 rings (SSSR count). The second-order valence-electron chi connectivity index (χ2n) is 10.4. The standard InChI is InChI=1S/C31H27FN2O5S2/c1-31(2,40(3,36)37)24-15-23-8-5-13-33-29(23)27(16-24)21-6-4-7-22(14-21)28-17-26(18-34-30(28)35)41(38,39)19-20-9-11-25(32)12-10-20/h4-18H,19H2,1-3H3,(H,34,35). The van der Waals surface area contributed by atoms with E-state index >= 15 is 0 Å². The molecule has 7 nitrogen and oxygen atoms in total. The third-order valence-electron chi connectivity index (χ3n) is 7.32. The van der Waals surface area contributed by atoms with Crippen molar-refractivity contribution in [3.05, 3.63) is 119 Å². The van der Waals surface area contributed by atoms with Crippen molar-refractivity contribution < 1.29 is 21.2 Å². The van der Waals surface area contributed by atoms with Gasteiger partial charge in [-0.15, -0.1) is 0 Å². The number of aromatic nitrogens is 2. The summed E-state index contributed by atoms with van der Waals surface area (Å²) in [6, 6.07) is 20.8. The second kappa shape index (κ2) is 10.4. The van der Waals surface area contributed by atoms with Crippen molar-refractivity contribution in [1.82, 2.24) is 9.97 Å². The van der Waals surface area contributed by atoms with Crippen LogP contribution in [0.2, 0.25) is 0 Å². The summed E-state index contributed by atoms with van der Waals surface area (Å²) in [5, 5.41) is 0.758. The molecule has 1 N–H and O–H groups in total. The molecule has 5 aromatic rings. The number of pyridine rings is 2. The molecule has 0 atom stereocenters. The quantitative estimate of drug-likeness (QED) is 0.262. The number of nitrogens with one attached hydrogen (secondary N) is 1. The first kappa shape index (κ1) is 28.4. The summed E-state index contributed by atoms with van der Waals surface area (Å²) in [4.78, 5) is 19.9. The van der Waals surface area contributed by atoms with E-state index in [1.54, 1.807) is 50.4 Å². The molecule has 0 aliphatic rings. The molecule has 0 unspecified atom stereocenters. The smallest absolute Gasteiger partial charge is 0.255 e. The Morgan fingerprint density at radius 3 is 2.22 bits per heavy atom. The van der Waals surface area contributed by atoms with E-state index in [1.807, 2.05) is 18.2 Å². The largest absolute Gasteiger partial charge is 0.327 e. The number of hydrogen-bond acceptors (Lipinski definition) is 6. The summed E-state index contributed by atoms with van der Waals surface area (Å²) in [6.07, 6.45) is 4.00. The first-order chi connectivity index (χ1) is 19.3. The SMILES string of the molecule is CC(C)(c1cc(-c2cccc(-c3cc(S(=O)(=O)Cc4ccc(F)cc4)c[nH]c3=O)c2)c2ncccc2c1)S(C)(=O)=O. The lowest BCUT2D eigenvalue weighted by Gasteiger charge is -2.24. The Kier molecular flexibility index (Phi) is 7.17. The molecule has 2 heterocycles. The van der Waals surface area contributed by atoms with Crippen molar-refractivity contribution in [1.29, 1.82) is 0 Å². The maximum Gasteiger partial charge on any atom is 0.255 e. The van der Waals surface area contributed by atoms with Crippen molar-refractivity contribution in [2.24, 2.45) is 0 Å². The third-order valence-corrected chi connectivity index (χ3v) is 11.1. The van der Waals surface area contributed by atoms with Crippen LogP contribution in [-0.4, -0.2) is 33.1 Å². The highest BCUT2D eigenvalue weighted by Crippen LogP contribution is 2.37. The molecule has 0 spiro atoms. The average molecular weight is 591 g/mol. The van der Waals surface area contributed by atoms with Crippen LogP contribution in [0, 0.1) is 5.82 Å². The number of aromatic amines is 1. The van der Waals surface area contributed by atoms with Gasteiger partial charge >= 0.3 is 0 Å². The van der Waals surface area contributed by atoms with E-state index < -0.39 is 35.8 Å². The first-order valence-electron chi connectivity index (χ1n) is 12.7. The summed E-state index contributed by atoms with van der Waals surface area (Å²) in [7, 11) is -7.32. The van der Waals surface area contributed by atoms with Gasteiger partial charge in [-0.2, -0.15) is 0 Å². The molecule has 0 aliphatic heterocycles. The molecule has 0 fully saturated rings. The van der Waals surface area contributed by atoms with Gasteiger partial charge in [-0.3, -0.25) is 9.78 Å². The number of halogens is 1. The van der Waals surface area contributed by atoms with Crippen LogP contribution in [-0.2, 0) is 30.2 Å². The lowest BCUT2D eigenvalue weighted by atomic mass is 9.92. The Bertz CT molecular complexity index is 2070. The van der Waals surface area contributed by atoms with Gasteiger partial charge in [-0.25, -0.2) is 21.2 Å². The van der Waals surface area contributed by atoms with Crippen LogP contribution in [0.25, 0.3) is 33.2 Å². The fraction of sp³-hybridized carbons (Fsp3) is 0.161. The summed E-state index contributed by atoms with van der Waals surface area (Å²) in [6.45, 7) is 3.30. The number of benzene rings is 3. The van der Waals surface area contributed by atoms with Crippen molar-refractivity contribution >= 4 is 30.6 Å². The Morgan fingerprint density at radius 2 is 1.54 bits per heavy atom. The number of fused-ring (bicyclic) bond motifs is 1. The number of sulfone groups is 2. The maximum absolute atomic E-state index is 13.3. The van der Waals surface area contributed by atoms with E-state index in [2.05, 4.69) is 9.97 Å². The number of hydrogen-bond donors (Lipinski definition) is 1. The van der Waals surface area contributed by atoms with E-state index in [0.717, 1.165) is 11.6 Å². The molecule has 10 heteroatoms. The summed E-state index contributed by atoms with van der Waals surface area (Å²) in [5.74, 6) is -0.829. The number of rotatable bonds is 7. The van der Waals surface area contributed by atoms with Gasteiger partial charge in [0.25, 0.3) is 5.56 Å². The average Bonchev–Trinajstić information content (AvgIpc) is 2.93. The first-order valence-corrected chi connectivity index (χ1v) is 16.2. The van der Waals surface area contributed by atoms with Gasteiger partial charge in [0, 0.05) is 35.2 Å². The molecule has 0 radical (unpaired) electrons. The highest BCUT2D eigenvalue weighted by Gasteiger charge is 2.33. The fourth-order valence-electron chi connectivity index (χ4n) is 4.57. The third kappa shape index (κ3) is 5.57. The zero-order chi connectivity index (χ0) is 29.6. The van der Waals surface area contributed by atoms with E-state index in [0.29, 0.717) is 33.3 Å². The molecule has 0 bridgehead atoms. The van der Waals surface area contributed by atoms with Crippen molar-refractivity contribution in [3.63, 3.8) is 0 Å². The van der Waals surface area contributed by atoms with E-state index in [1.165, 1.54) is 36.6 Å². The Labute approximate surface area is 237 Å². The summed E-state index contributed by atoms with van der Waals surface area (Å²) in [5.41, 5.74) is 3.16. The molecular weight excluding hydrogens is 563 g/mol. The van der Waals surface area contributed by atoms with Gasteiger partial charge in [0.15, 0.2) is 19.7 Å². The summed E-state index contributed by atoms with van der Waals surface area (Å²) < 4.78 is 63.7. The summed E-state index contributed by atoms with van der Waals surface area (Å²) >= 11 is 0. The monoisotopic (exact) mass is 590 g/mol. The van der Waals surface area contributed by atoms with Gasteiger partial charge in [0.1, 0.15) is 5.82 Å². The number of nitrogens with zero attached hydrogens (tertiary/aromatic N) is 1. The second-order valence-corrected chi connectivity index (χ2v) is 15.0. The lowest BCUT2D eigenvalue weighted by molar-refractivity contribution is 0.561. The van der Waals surface area contributed by atoms with Crippen LogP contribution in [0.15, 0.2) is 101 Å². The van der Waals surface area contributed by atoms with E-state index in [9.17, 15) is 26.0 Å². The van der Waals surface area contributed by atoms with Crippen LogP contribution >= 0.6 is 0 Å². The predicted molar refractivity (Wildman–Crippen MR) is 158 cm³/mol. The van der Waals surface area contributed by atoms with E-state index in [4.69, 9.17) is 0 Å². The van der Waals surface area contributed by atoms with Crippen LogP contribution in [0.5, 0.6) is 0 Å². The molecule has 210 valence electrons.